The van der Waals surface area contributed by atoms with Crippen molar-refractivity contribution in [3.8, 4) is 11.6 Å². The molecule has 1 aromatic heterocycles. The Kier molecular flexibility index (Phi) is 3.69. The lowest BCUT2D eigenvalue weighted by atomic mass is 10.2. The van der Waals surface area contributed by atoms with Crippen LogP contribution in [0.4, 0.5) is 10.1 Å². The molecule has 0 unspecified atom stereocenters. The van der Waals surface area contributed by atoms with Gasteiger partial charge in [0.25, 0.3) is 5.69 Å². The molecule has 0 saturated heterocycles. The molecule has 0 spiro atoms. The Hall–Kier alpha value is -2.83. The number of nitrogens with zero attached hydrogens (tertiary/aromatic N) is 2. The number of hydrogen-bond acceptors (Lipinski definition) is 5. The molecule has 0 bridgehead atoms. The zero-order chi connectivity index (χ0) is 14.7. The minimum absolute atomic E-state index is 0.0484. The van der Waals surface area contributed by atoms with Crippen LogP contribution in [-0.2, 0) is 0 Å². The Balaban J connectivity index is 2.36. The molecule has 0 atom stereocenters. The first-order valence-corrected chi connectivity index (χ1v) is 5.57. The zero-order valence-electron chi connectivity index (χ0n) is 10.4. The van der Waals surface area contributed by atoms with Gasteiger partial charge in [0, 0.05) is 12.3 Å². The largest absolute Gasteiger partial charge is 0.435 e. The number of benzene rings is 1. The Morgan fingerprint density at radius 3 is 2.75 bits per heavy atom. The van der Waals surface area contributed by atoms with E-state index < -0.39 is 10.7 Å². The topological polar surface area (TPSA) is 82.3 Å². The Labute approximate surface area is 113 Å². The van der Waals surface area contributed by atoms with E-state index in [9.17, 15) is 19.3 Å². The van der Waals surface area contributed by atoms with Crippen molar-refractivity contribution in [1.29, 1.82) is 0 Å². The van der Waals surface area contributed by atoms with Gasteiger partial charge in [-0.1, -0.05) is 0 Å². The summed E-state index contributed by atoms with van der Waals surface area (Å²) in [5.41, 5.74) is -0.187. The molecular formula is C13H9FN2O4. The Morgan fingerprint density at radius 2 is 2.15 bits per heavy atom. The van der Waals surface area contributed by atoms with Gasteiger partial charge in [-0.05, 0) is 25.1 Å². The first-order chi connectivity index (χ1) is 9.49. The van der Waals surface area contributed by atoms with Gasteiger partial charge in [-0.15, -0.1) is 0 Å². The lowest BCUT2D eigenvalue weighted by molar-refractivity contribution is -0.385. The summed E-state index contributed by atoms with van der Waals surface area (Å²) in [7, 11) is 0. The first-order valence-electron chi connectivity index (χ1n) is 5.57. The van der Waals surface area contributed by atoms with Crippen LogP contribution in [0, 0.1) is 15.9 Å². The fraction of sp³-hybridized carbons (Fsp3) is 0.0769. The number of nitro benzene ring substituents is 1. The van der Waals surface area contributed by atoms with Crippen molar-refractivity contribution in [3.05, 3.63) is 58.0 Å². The number of hydrogen-bond donors (Lipinski definition) is 0. The molecule has 20 heavy (non-hydrogen) atoms. The van der Waals surface area contributed by atoms with Crippen LogP contribution >= 0.6 is 0 Å². The highest BCUT2D eigenvalue weighted by atomic mass is 19.1. The zero-order valence-corrected chi connectivity index (χ0v) is 10.4. The van der Waals surface area contributed by atoms with E-state index in [0.29, 0.717) is 0 Å². The Bertz CT molecular complexity index is 688. The maximum absolute atomic E-state index is 13.7. The smallest absolute Gasteiger partial charge is 0.272 e. The lowest BCUT2D eigenvalue weighted by Gasteiger charge is -2.08. The van der Waals surface area contributed by atoms with Crippen LogP contribution in [0.5, 0.6) is 11.6 Å². The SMILES string of the molecule is CC(=O)c1cccnc1Oc1ccc([N+](=O)[O-])cc1F. The number of ether oxygens (including phenoxy) is 1. The standard InChI is InChI=1S/C13H9FN2O4/c1-8(17)10-3-2-6-15-13(10)20-12-5-4-9(16(18)19)7-11(12)14/h2-7H,1H3. The third-order valence-electron chi connectivity index (χ3n) is 2.48. The van der Waals surface area contributed by atoms with E-state index in [1.165, 1.54) is 19.2 Å². The van der Waals surface area contributed by atoms with Gasteiger partial charge in [-0.25, -0.2) is 9.37 Å². The molecule has 2 rings (SSSR count). The minimum Gasteiger partial charge on any atom is -0.435 e. The number of halogens is 1. The van der Waals surface area contributed by atoms with E-state index in [0.717, 1.165) is 18.2 Å². The maximum atomic E-state index is 13.7. The van der Waals surface area contributed by atoms with Gasteiger partial charge in [0.15, 0.2) is 17.3 Å². The van der Waals surface area contributed by atoms with Crippen molar-refractivity contribution in [3.63, 3.8) is 0 Å². The van der Waals surface area contributed by atoms with E-state index in [1.54, 1.807) is 6.07 Å². The number of nitro groups is 1. The molecule has 1 heterocycles. The van der Waals surface area contributed by atoms with Crippen LogP contribution in [-0.4, -0.2) is 15.7 Å². The third kappa shape index (κ3) is 2.77. The molecule has 0 aliphatic carbocycles. The van der Waals surface area contributed by atoms with Crippen LogP contribution in [0.2, 0.25) is 0 Å². The van der Waals surface area contributed by atoms with Gasteiger partial charge >= 0.3 is 0 Å². The maximum Gasteiger partial charge on any atom is 0.272 e. The van der Waals surface area contributed by atoms with E-state index in [1.807, 2.05) is 0 Å². The quantitative estimate of drug-likeness (QED) is 0.486. The molecular weight excluding hydrogens is 267 g/mol. The molecule has 102 valence electrons. The highest BCUT2D eigenvalue weighted by Crippen LogP contribution is 2.28. The van der Waals surface area contributed by atoms with Gasteiger partial charge in [-0.3, -0.25) is 14.9 Å². The van der Waals surface area contributed by atoms with E-state index in [4.69, 9.17) is 4.74 Å². The highest BCUT2D eigenvalue weighted by molar-refractivity contribution is 5.96. The summed E-state index contributed by atoms with van der Waals surface area (Å²) in [6.07, 6.45) is 1.39. The molecule has 0 saturated carbocycles. The molecule has 1 aromatic carbocycles. The second-order valence-electron chi connectivity index (χ2n) is 3.89. The molecule has 0 N–H and O–H groups in total. The highest BCUT2D eigenvalue weighted by Gasteiger charge is 2.15. The summed E-state index contributed by atoms with van der Waals surface area (Å²) in [5, 5.41) is 10.5. The second kappa shape index (κ2) is 5.43. The fourth-order valence-corrected chi connectivity index (χ4v) is 1.53. The van der Waals surface area contributed by atoms with Crippen molar-refractivity contribution >= 4 is 11.5 Å². The molecule has 6 nitrogen and oxygen atoms in total. The lowest BCUT2D eigenvalue weighted by Crippen LogP contribution is -2.00. The molecule has 0 aliphatic rings. The van der Waals surface area contributed by atoms with Crippen LogP contribution < -0.4 is 4.74 Å². The van der Waals surface area contributed by atoms with E-state index in [2.05, 4.69) is 4.98 Å². The van der Waals surface area contributed by atoms with Gasteiger partial charge in [-0.2, -0.15) is 0 Å². The van der Waals surface area contributed by atoms with Crippen LogP contribution in [0.15, 0.2) is 36.5 Å². The Morgan fingerprint density at radius 1 is 1.40 bits per heavy atom. The van der Waals surface area contributed by atoms with Crippen LogP contribution in [0.3, 0.4) is 0 Å². The summed E-state index contributed by atoms with van der Waals surface area (Å²) in [5.74, 6) is -1.47. The summed E-state index contributed by atoms with van der Waals surface area (Å²) < 4.78 is 18.9. The molecule has 7 heteroatoms. The predicted molar refractivity (Wildman–Crippen MR) is 67.4 cm³/mol. The summed E-state index contributed by atoms with van der Waals surface area (Å²) in [6, 6.07) is 6.01. The number of ketones is 1. The predicted octanol–water partition coefficient (Wildman–Crippen LogP) is 3.12. The molecule has 0 aliphatic heterocycles. The van der Waals surface area contributed by atoms with Gasteiger partial charge in [0.1, 0.15) is 0 Å². The number of rotatable bonds is 4. The van der Waals surface area contributed by atoms with Crippen molar-refractivity contribution in [2.45, 2.75) is 6.92 Å². The first kappa shape index (κ1) is 13.6. The van der Waals surface area contributed by atoms with E-state index in [-0.39, 0.29) is 28.7 Å². The van der Waals surface area contributed by atoms with Crippen molar-refractivity contribution < 1.29 is 18.8 Å². The number of Topliss-reactive ketones (excluding diaryl/α,β-unsaturated/α-hetero) is 1. The summed E-state index contributed by atoms with van der Waals surface area (Å²) in [4.78, 5) is 25.0. The summed E-state index contributed by atoms with van der Waals surface area (Å²) in [6.45, 7) is 1.33. The van der Waals surface area contributed by atoms with Crippen molar-refractivity contribution in [2.75, 3.05) is 0 Å². The third-order valence-corrected chi connectivity index (χ3v) is 2.48. The summed E-state index contributed by atoms with van der Waals surface area (Å²) >= 11 is 0. The van der Waals surface area contributed by atoms with Crippen molar-refractivity contribution in [1.82, 2.24) is 4.98 Å². The van der Waals surface area contributed by atoms with E-state index >= 15 is 0 Å². The molecule has 0 amide bonds. The molecule has 0 fully saturated rings. The average Bonchev–Trinajstić information content (AvgIpc) is 2.41. The van der Waals surface area contributed by atoms with Gasteiger partial charge in [0.05, 0.1) is 16.6 Å². The van der Waals surface area contributed by atoms with Crippen LogP contribution in [0.25, 0.3) is 0 Å². The second-order valence-corrected chi connectivity index (χ2v) is 3.89. The number of non-ortho nitro benzene ring substituents is 1. The average molecular weight is 276 g/mol. The number of carbonyl (C=O) groups excluding carboxylic acids is 1. The van der Waals surface area contributed by atoms with Crippen LogP contribution in [0.1, 0.15) is 17.3 Å². The number of pyridine rings is 1. The molecule has 2 aromatic rings. The monoisotopic (exact) mass is 276 g/mol. The fourth-order valence-electron chi connectivity index (χ4n) is 1.53. The minimum atomic E-state index is -0.903. The number of carbonyl (C=O) groups is 1. The molecule has 0 radical (unpaired) electrons. The van der Waals surface area contributed by atoms with Gasteiger partial charge < -0.3 is 4.74 Å². The normalized spacial score (nSPS) is 10.1. The van der Waals surface area contributed by atoms with Crippen molar-refractivity contribution in [2.24, 2.45) is 0 Å². The number of aromatic nitrogens is 1. The van der Waals surface area contributed by atoms with Gasteiger partial charge in [0.2, 0.25) is 5.88 Å².